The van der Waals surface area contributed by atoms with Crippen LogP contribution >= 0.6 is 0 Å². The van der Waals surface area contributed by atoms with E-state index in [1.165, 1.54) is 50.9 Å². The van der Waals surface area contributed by atoms with E-state index in [9.17, 15) is 0 Å². The van der Waals surface area contributed by atoms with Crippen molar-refractivity contribution in [2.45, 2.75) is 58.9 Å². The molecule has 3 nitrogen and oxygen atoms in total. The van der Waals surface area contributed by atoms with Gasteiger partial charge in [0.1, 0.15) is 5.82 Å². The maximum absolute atomic E-state index is 4.55. The first-order chi connectivity index (χ1) is 9.35. The molecule has 1 aromatic heterocycles. The lowest BCUT2D eigenvalue weighted by Gasteiger charge is -2.31. The third kappa shape index (κ3) is 4.07. The lowest BCUT2D eigenvalue weighted by molar-refractivity contribution is 0.224. The molecule has 2 unspecified atom stereocenters. The molecule has 19 heavy (non-hydrogen) atoms. The second-order valence-corrected chi connectivity index (χ2v) is 5.84. The van der Waals surface area contributed by atoms with Gasteiger partial charge in [-0.25, -0.2) is 4.98 Å². The summed E-state index contributed by atoms with van der Waals surface area (Å²) >= 11 is 0. The second kappa shape index (κ2) is 7.68. The molecule has 0 aliphatic heterocycles. The average molecular weight is 263 g/mol. The van der Waals surface area contributed by atoms with Gasteiger partial charge in [0.2, 0.25) is 0 Å². The molecule has 2 atom stereocenters. The Morgan fingerprint density at radius 3 is 2.79 bits per heavy atom. The van der Waals surface area contributed by atoms with E-state index in [2.05, 4.69) is 34.9 Å². The van der Waals surface area contributed by atoms with Gasteiger partial charge in [-0.3, -0.25) is 0 Å². The summed E-state index contributed by atoms with van der Waals surface area (Å²) in [7, 11) is 0. The highest BCUT2D eigenvalue weighted by Gasteiger charge is 2.26. The Morgan fingerprint density at radius 2 is 2.05 bits per heavy atom. The fraction of sp³-hybridized carbons (Fsp3) is 0.812. The maximum atomic E-state index is 4.55. The number of imidazole rings is 1. The van der Waals surface area contributed by atoms with Crippen LogP contribution in [0.25, 0.3) is 0 Å². The first-order valence-electron chi connectivity index (χ1n) is 8.05. The molecule has 3 heteroatoms. The first-order valence-corrected chi connectivity index (χ1v) is 8.05. The third-order valence-electron chi connectivity index (χ3n) is 4.49. The van der Waals surface area contributed by atoms with E-state index in [4.69, 9.17) is 0 Å². The summed E-state index contributed by atoms with van der Waals surface area (Å²) in [5.74, 6) is 2.96. The Hall–Kier alpha value is -0.830. The Bertz CT molecular complexity index is 359. The highest BCUT2D eigenvalue weighted by atomic mass is 15.1. The van der Waals surface area contributed by atoms with Gasteiger partial charge in [-0.2, -0.15) is 0 Å². The van der Waals surface area contributed by atoms with E-state index < -0.39 is 0 Å². The van der Waals surface area contributed by atoms with Crippen LogP contribution in [0.5, 0.6) is 0 Å². The van der Waals surface area contributed by atoms with Crippen LogP contribution in [0.1, 0.15) is 51.8 Å². The minimum absolute atomic E-state index is 0.825. The van der Waals surface area contributed by atoms with Crippen LogP contribution in [-0.4, -0.2) is 22.6 Å². The largest absolute Gasteiger partial charge is 0.335 e. The van der Waals surface area contributed by atoms with Gasteiger partial charge in [-0.15, -0.1) is 0 Å². The average Bonchev–Trinajstić information content (AvgIpc) is 2.88. The topological polar surface area (TPSA) is 29.9 Å². The standard InChI is InChI=1S/C16H29N3/c1-3-9-17-13-15-8-6-5-7-14(15)12-16-18-10-11-19(16)4-2/h10-11,14-15,17H,3-9,12-13H2,1-2H3. The molecule has 1 aromatic rings. The summed E-state index contributed by atoms with van der Waals surface area (Å²) in [6.45, 7) is 7.84. The zero-order valence-electron chi connectivity index (χ0n) is 12.6. The normalized spacial score (nSPS) is 23.7. The zero-order valence-corrected chi connectivity index (χ0v) is 12.6. The van der Waals surface area contributed by atoms with Crippen LogP contribution < -0.4 is 5.32 Å². The van der Waals surface area contributed by atoms with Crippen molar-refractivity contribution in [3.63, 3.8) is 0 Å². The maximum Gasteiger partial charge on any atom is 0.108 e. The summed E-state index contributed by atoms with van der Waals surface area (Å²) in [6, 6.07) is 0. The van der Waals surface area contributed by atoms with E-state index >= 15 is 0 Å². The highest BCUT2D eigenvalue weighted by molar-refractivity contribution is 4.95. The third-order valence-corrected chi connectivity index (χ3v) is 4.49. The van der Waals surface area contributed by atoms with E-state index in [0.29, 0.717) is 0 Å². The molecule has 1 aliphatic rings. The lowest BCUT2D eigenvalue weighted by atomic mass is 9.77. The smallest absolute Gasteiger partial charge is 0.108 e. The van der Waals surface area contributed by atoms with E-state index in [1.54, 1.807) is 0 Å². The molecule has 0 amide bonds. The van der Waals surface area contributed by atoms with Crippen molar-refractivity contribution in [3.05, 3.63) is 18.2 Å². The summed E-state index contributed by atoms with van der Waals surface area (Å²) in [5, 5.41) is 3.62. The van der Waals surface area contributed by atoms with Crippen molar-refractivity contribution < 1.29 is 0 Å². The first kappa shape index (κ1) is 14.6. The molecule has 1 fully saturated rings. The van der Waals surface area contributed by atoms with Gasteiger partial charge in [0, 0.05) is 25.4 Å². The molecular formula is C16H29N3. The van der Waals surface area contributed by atoms with Crippen LogP contribution in [-0.2, 0) is 13.0 Å². The molecule has 0 saturated heterocycles. The fourth-order valence-corrected chi connectivity index (χ4v) is 3.34. The van der Waals surface area contributed by atoms with Crippen molar-refractivity contribution in [2.75, 3.05) is 13.1 Å². The summed E-state index contributed by atoms with van der Waals surface area (Å²) < 4.78 is 2.30. The van der Waals surface area contributed by atoms with E-state index in [1.807, 2.05) is 6.20 Å². The summed E-state index contributed by atoms with van der Waals surface area (Å²) in [4.78, 5) is 4.55. The number of hydrogen-bond acceptors (Lipinski definition) is 2. The monoisotopic (exact) mass is 263 g/mol. The van der Waals surface area contributed by atoms with Gasteiger partial charge in [0.15, 0.2) is 0 Å². The number of nitrogens with zero attached hydrogens (tertiary/aromatic N) is 2. The molecule has 0 aromatic carbocycles. The number of aromatic nitrogens is 2. The Balaban J connectivity index is 1.91. The van der Waals surface area contributed by atoms with Crippen LogP contribution in [0, 0.1) is 11.8 Å². The number of nitrogens with one attached hydrogen (secondary N) is 1. The fourth-order valence-electron chi connectivity index (χ4n) is 3.34. The zero-order chi connectivity index (χ0) is 13.5. The van der Waals surface area contributed by atoms with Gasteiger partial charge in [-0.1, -0.05) is 19.8 Å². The van der Waals surface area contributed by atoms with Crippen LogP contribution in [0.3, 0.4) is 0 Å². The predicted octanol–water partition coefficient (Wildman–Crippen LogP) is 3.25. The molecule has 1 N–H and O–H groups in total. The summed E-state index contributed by atoms with van der Waals surface area (Å²) in [6.07, 6.45) is 12.1. The number of hydrogen-bond donors (Lipinski definition) is 1. The van der Waals surface area contributed by atoms with Crippen molar-refractivity contribution in [1.29, 1.82) is 0 Å². The predicted molar refractivity (Wildman–Crippen MR) is 80.2 cm³/mol. The minimum atomic E-state index is 0.825. The van der Waals surface area contributed by atoms with E-state index in [-0.39, 0.29) is 0 Å². The molecule has 0 spiro atoms. The van der Waals surface area contributed by atoms with Gasteiger partial charge in [0.25, 0.3) is 0 Å². The van der Waals surface area contributed by atoms with E-state index in [0.717, 1.165) is 24.9 Å². The molecule has 108 valence electrons. The van der Waals surface area contributed by atoms with Gasteiger partial charge in [-0.05, 0) is 51.1 Å². The number of rotatable bonds is 7. The molecule has 1 heterocycles. The lowest BCUT2D eigenvalue weighted by Crippen LogP contribution is -2.32. The van der Waals surface area contributed by atoms with Crippen LogP contribution in [0.2, 0.25) is 0 Å². The van der Waals surface area contributed by atoms with Crippen LogP contribution in [0.4, 0.5) is 0 Å². The molecule has 0 bridgehead atoms. The number of aryl methyl sites for hydroxylation is 1. The quantitative estimate of drug-likeness (QED) is 0.765. The molecule has 1 saturated carbocycles. The second-order valence-electron chi connectivity index (χ2n) is 5.84. The minimum Gasteiger partial charge on any atom is -0.335 e. The Kier molecular flexibility index (Phi) is 5.90. The highest BCUT2D eigenvalue weighted by Crippen LogP contribution is 2.31. The van der Waals surface area contributed by atoms with Crippen molar-refractivity contribution in [2.24, 2.45) is 11.8 Å². The molecule has 2 rings (SSSR count). The molecule has 0 radical (unpaired) electrons. The summed E-state index contributed by atoms with van der Waals surface area (Å²) in [5.41, 5.74) is 0. The Morgan fingerprint density at radius 1 is 1.26 bits per heavy atom. The molecular weight excluding hydrogens is 234 g/mol. The molecule has 1 aliphatic carbocycles. The SMILES string of the molecule is CCCNCC1CCCCC1Cc1nccn1CC. The van der Waals surface area contributed by atoms with Crippen molar-refractivity contribution in [3.8, 4) is 0 Å². The van der Waals surface area contributed by atoms with Gasteiger partial charge in [0.05, 0.1) is 0 Å². The van der Waals surface area contributed by atoms with Crippen molar-refractivity contribution >= 4 is 0 Å². The van der Waals surface area contributed by atoms with Crippen LogP contribution in [0.15, 0.2) is 12.4 Å². The van der Waals surface area contributed by atoms with Crippen molar-refractivity contribution in [1.82, 2.24) is 14.9 Å². The Labute approximate surface area is 117 Å². The van der Waals surface area contributed by atoms with Gasteiger partial charge >= 0.3 is 0 Å². The van der Waals surface area contributed by atoms with Gasteiger partial charge < -0.3 is 9.88 Å².